The van der Waals surface area contributed by atoms with E-state index in [1.165, 1.54) is 11.0 Å². The van der Waals surface area contributed by atoms with Gasteiger partial charge in [-0.3, -0.25) is 14.6 Å². The monoisotopic (exact) mass is 495 g/mol. The number of benzene rings is 1. The zero-order valence-electron chi connectivity index (χ0n) is 22.6. The summed E-state index contributed by atoms with van der Waals surface area (Å²) in [5.74, 6) is 1.08. The fraction of sp³-hybridized carbons (Fsp3) is 0.481. The van der Waals surface area contributed by atoms with Crippen molar-refractivity contribution in [1.82, 2.24) is 25.1 Å². The summed E-state index contributed by atoms with van der Waals surface area (Å²) in [7, 11) is 5.50. The molecule has 2 amide bonds. The number of aromatic nitrogens is 2. The van der Waals surface area contributed by atoms with E-state index in [0.717, 1.165) is 29.2 Å². The number of nitrogens with zero attached hydrogens (tertiary/aromatic N) is 4. The summed E-state index contributed by atoms with van der Waals surface area (Å²) in [4.78, 5) is 37.5. The molecular weight excluding hydrogens is 454 g/mol. The van der Waals surface area contributed by atoms with E-state index >= 15 is 0 Å². The van der Waals surface area contributed by atoms with Crippen molar-refractivity contribution < 1.29 is 9.59 Å². The summed E-state index contributed by atoms with van der Waals surface area (Å²) in [6.45, 7) is 9.07. The normalized spacial score (nSPS) is 12.1. The first-order chi connectivity index (χ1) is 17.1. The van der Waals surface area contributed by atoms with E-state index in [0.29, 0.717) is 25.3 Å². The summed E-state index contributed by atoms with van der Waals surface area (Å²) in [5, 5.41) is 9.61. The Morgan fingerprint density at radius 3 is 2.56 bits per heavy atom. The number of anilines is 3. The van der Waals surface area contributed by atoms with Crippen molar-refractivity contribution in [2.45, 2.75) is 52.6 Å². The fourth-order valence-corrected chi connectivity index (χ4v) is 3.40. The molecular formula is C27H41N7O2. The van der Waals surface area contributed by atoms with E-state index < -0.39 is 6.04 Å². The van der Waals surface area contributed by atoms with Crippen LogP contribution in [-0.2, 0) is 22.4 Å². The van der Waals surface area contributed by atoms with Crippen LogP contribution in [0, 0.1) is 0 Å². The molecule has 2 rings (SSSR count). The maximum absolute atomic E-state index is 12.6. The lowest BCUT2D eigenvalue weighted by atomic mass is 10.1. The smallest absolute Gasteiger partial charge is 0.246 e. The van der Waals surface area contributed by atoms with E-state index in [-0.39, 0.29) is 17.9 Å². The Bertz CT molecular complexity index is 1040. The summed E-state index contributed by atoms with van der Waals surface area (Å²) >= 11 is 0. The highest BCUT2D eigenvalue weighted by atomic mass is 16.2. The minimum absolute atomic E-state index is 0.183. The Morgan fingerprint density at radius 1 is 1.14 bits per heavy atom. The van der Waals surface area contributed by atoms with Crippen LogP contribution in [0.1, 0.15) is 39.0 Å². The van der Waals surface area contributed by atoms with Crippen molar-refractivity contribution in [3.8, 4) is 0 Å². The minimum atomic E-state index is -0.562. The van der Waals surface area contributed by atoms with Crippen LogP contribution in [0.5, 0.6) is 0 Å². The van der Waals surface area contributed by atoms with Gasteiger partial charge in [0.05, 0.1) is 11.9 Å². The predicted octanol–water partition coefficient (Wildman–Crippen LogP) is 3.23. The molecule has 0 spiro atoms. The second-order valence-electron chi connectivity index (χ2n) is 9.36. The highest BCUT2D eigenvalue weighted by Gasteiger charge is 2.20. The molecule has 3 N–H and O–H groups in total. The third kappa shape index (κ3) is 9.30. The fourth-order valence-electron chi connectivity index (χ4n) is 3.40. The standard InChI is InChI=1S/C27H41N7O2/c1-8-23-26(30-19(2)3)32-24(18-29-23)31-22-12-9-11-21(17-22)14-15-28-27(36)20(4)34(7)25(35)13-10-16-33(5)6/h9-13,17-20H,8,14-16H2,1-7H3,(H,28,36)(H2,30,31,32)/b13-10+. The first-order valence-corrected chi connectivity index (χ1v) is 12.4. The lowest BCUT2D eigenvalue weighted by Crippen LogP contribution is -2.45. The molecule has 36 heavy (non-hydrogen) atoms. The molecule has 9 nitrogen and oxygen atoms in total. The zero-order valence-corrected chi connectivity index (χ0v) is 22.6. The zero-order chi connectivity index (χ0) is 26.7. The second kappa shape index (κ2) is 14.2. The lowest BCUT2D eigenvalue weighted by Gasteiger charge is -2.23. The molecule has 0 fully saturated rings. The van der Waals surface area contributed by atoms with Crippen molar-refractivity contribution in [2.75, 3.05) is 44.9 Å². The van der Waals surface area contributed by atoms with Gasteiger partial charge in [0.25, 0.3) is 0 Å². The number of amides is 2. The van der Waals surface area contributed by atoms with Crippen LogP contribution in [0.15, 0.2) is 42.6 Å². The number of carbonyl (C=O) groups excluding carboxylic acids is 2. The quantitative estimate of drug-likeness (QED) is 0.367. The Hall–Kier alpha value is -3.46. The summed E-state index contributed by atoms with van der Waals surface area (Å²) in [5.41, 5.74) is 2.91. The molecule has 0 bridgehead atoms. The molecule has 1 atom stereocenters. The number of nitrogens with one attached hydrogen (secondary N) is 3. The predicted molar refractivity (Wildman–Crippen MR) is 147 cm³/mol. The van der Waals surface area contributed by atoms with E-state index in [4.69, 9.17) is 4.98 Å². The van der Waals surface area contributed by atoms with Crippen molar-refractivity contribution in [2.24, 2.45) is 0 Å². The Balaban J connectivity index is 1.91. The maximum atomic E-state index is 12.6. The maximum Gasteiger partial charge on any atom is 0.246 e. The topological polar surface area (TPSA) is 102 Å². The van der Waals surface area contributed by atoms with Gasteiger partial charge in [0, 0.05) is 37.9 Å². The van der Waals surface area contributed by atoms with Crippen molar-refractivity contribution >= 4 is 29.1 Å². The Morgan fingerprint density at radius 2 is 1.89 bits per heavy atom. The number of likely N-dealkylation sites (N-methyl/N-ethyl adjacent to an activating group) is 2. The van der Waals surface area contributed by atoms with Crippen molar-refractivity contribution in [3.05, 3.63) is 53.9 Å². The molecule has 196 valence electrons. The third-order valence-corrected chi connectivity index (χ3v) is 5.56. The average Bonchev–Trinajstić information content (AvgIpc) is 2.82. The second-order valence-corrected chi connectivity index (χ2v) is 9.36. The highest BCUT2D eigenvalue weighted by Crippen LogP contribution is 2.20. The van der Waals surface area contributed by atoms with Gasteiger partial charge < -0.3 is 25.8 Å². The Labute approximate surface area is 215 Å². The lowest BCUT2D eigenvalue weighted by molar-refractivity contribution is -0.135. The molecule has 1 aromatic heterocycles. The summed E-state index contributed by atoms with van der Waals surface area (Å²) in [6.07, 6.45) is 6.50. The largest absolute Gasteiger partial charge is 0.366 e. The van der Waals surface area contributed by atoms with Crippen LogP contribution >= 0.6 is 0 Å². The van der Waals surface area contributed by atoms with Gasteiger partial charge in [0.1, 0.15) is 11.9 Å². The molecule has 0 saturated carbocycles. The van der Waals surface area contributed by atoms with Crippen LogP contribution in [0.2, 0.25) is 0 Å². The number of hydrogen-bond acceptors (Lipinski definition) is 7. The summed E-state index contributed by atoms with van der Waals surface area (Å²) < 4.78 is 0. The molecule has 0 aliphatic carbocycles. The molecule has 1 unspecified atom stereocenters. The van der Waals surface area contributed by atoms with E-state index in [1.54, 1.807) is 26.2 Å². The highest BCUT2D eigenvalue weighted by molar-refractivity contribution is 5.92. The van der Waals surface area contributed by atoms with Crippen LogP contribution in [-0.4, -0.2) is 77.9 Å². The van der Waals surface area contributed by atoms with Crippen LogP contribution in [0.4, 0.5) is 17.3 Å². The van der Waals surface area contributed by atoms with Gasteiger partial charge in [-0.1, -0.05) is 25.1 Å². The van der Waals surface area contributed by atoms with Crippen LogP contribution in [0.25, 0.3) is 0 Å². The van der Waals surface area contributed by atoms with E-state index in [9.17, 15) is 9.59 Å². The van der Waals surface area contributed by atoms with Crippen LogP contribution < -0.4 is 16.0 Å². The molecule has 1 aromatic carbocycles. The van der Waals surface area contributed by atoms with Gasteiger partial charge in [-0.2, -0.15) is 0 Å². The average molecular weight is 496 g/mol. The first-order valence-electron chi connectivity index (χ1n) is 12.4. The first kappa shape index (κ1) is 28.8. The molecule has 9 heteroatoms. The summed E-state index contributed by atoms with van der Waals surface area (Å²) in [6, 6.07) is 7.69. The minimum Gasteiger partial charge on any atom is -0.366 e. The molecule has 2 aromatic rings. The van der Waals surface area contributed by atoms with E-state index in [2.05, 4.69) is 41.7 Å². The van der Waals surface area contributed by atoms with Gasteiger partial charge in [-0.25, -0.2) is 4.98 Å². The van der Waals surface area contributed by atoms with Gasteiger partial charge in [0.15, 0.2) is 5.82 Å². The SMILES string of the molecule is CCc1ncc(Nc2cccc(CCNC(=O)C(C)N(C)C(=O)/C=C/CN(C)C)c2)nc1NC(C)C. The van der Waals surface area contributed by atoms with Crippen molar-refractivity contribution in [1.29, 1.82) is 0 Å². The van der Waals surface area contributed by atoms with Gasteiger partial charge >= 0.3 is 0 Å². The number of aryl methyl sites for hydroxylation is 1. The van der Waals surface area contributed by atoms with Gasteiger partial charge in [-0.15, -0.1) is 0 Å². The molecule has 0 radical (unpaired) electrons. The van der Waals surface area contributed by atoms with Crippen LogP contribution in [0.3, 0.4) is 0 Å². The van der Waals surface area contributed by atoms with E-state index in [1.807, 2.05) is 43.3 Å². The number of carbonyl (C=O) groups is 2. The number of rotatable bonds is 13. The molecule has 0 aliphatic rings. The Kier molecular flexibility index (Phi) is 11.3. The third-order valence-electron chi connectivity index (χ3n) is 5.56. The molecule has 0 saturated heterocycles. The molecule has 0 aliphatic heterocycles. The van der Waals surface area contributed by atoms with Gasteiger partial charge in [0.2, 0.25) is 11.8 Å². The van der Waals surface area contributed by atoms with Crippen molar-refractivity contribution in [3.63, 3.8) is 0 Å². The van der Waals surface area contributed by atoms with Gasteiger partial charge in [-0.05, 0) is 65.4 Å². The number of hydrogen-bond donors (Lipinski definition) is 3. The molecule has 1 heterocycles.